The molecule has 1 amide bonds. The fourth-order valence-corrected chi connectivity index (χ4v) is 1.95. The molecule has 2 aromatic carbocycles. The average molecular weight is 305 g/mol. The van der Waals surface area contributed by atoms with E-state index < -0.39 is 0 Å². The van der Waals surface area contributed by atoms with E-state index in [9.17, 15) is 4.79 Å². The van der Waals surface area contributed by atoms with Gasteiger partial charge >= 0.3 is 0 Å². The standard InChI is InChI=1S/C14H13BrN2O/c1-9-2-5-11(6-3-9)17-14(18)12-7-4-10(15)8-13(12)16/h2-8H,16H2,1H3,(H,17,18). The van der Waals surface area contributed by atoms with Gasteiger partial charge in [-0.1, -0.05) is 33.6 Å². The molecule has 4 heteroatoms. The molecule has 0 heterocycles. The van der Waals surface area contributed by atoms with E-state index in [0.29, 0.717) is 11.3 Å². The number of aryl methyl sites for hydroxylation is 1. The first-order chi connectivity index (χ1) is 8.56. The smallest absolute Gasteiger partial charge is 0.257 e. The second-order valence-electron chi connectivity index (χ2n) is 4.05. The summed E-state index contributed by atoms with van der Waals surface area (Å²) in [6, 6.07) is 12.8. The molecule has 0 radical (unpaired) electrons. The third-order valence-electron chi connectivity index (χ3n) is 2.57. The van der Waals surface area contributed by atoms with Crippen molar-refractivity contribution in [1.29, 1.82) is 0 Å². The number of nitrogens with one attached hydrogen (secondary N) is 1. The number of nitrogens with two attached hydrogens (primary N) is 1. The minimum atomic E-state index is -0.205. The summed E-state index contributed by atoms with van der Waals surface area (Å²) < 4.78 is 0.854. The Balaban J connectivity index is 2.19. The highest BCUT2D eigenvalue weighted by atomic mass is 79.9. The maximum Gasteiger partial charge on any atom is 0.257 e. The first-order valence-electron chi connectivity index (χ1n) is 5.49. The number of nitrogen functional groups attached to an aromatic ring is 1. The Kier molecular flexibility index (Phi) is 3.67. The van der Waals surface area contributed by atoms with Crippen molar-refractivity contribution in [3.63, 3.8) is 0 Å². The Hall–Kier alpha value is -1.81. The molecule has 2 aromatic rings. The molecule has 18 heavy (non-hydrogen) atoms. The van der Waals surface area contributed by atoms with E-state index in [2.05, 4.69) is 21.2 Å². The molecule has 0 spiro atoms. The first-order valence-corrected chi connectivity index (χ1v) is 6.28. The number of carbonyl (C=O) groups is 1. The quantitative estimate of drug-likeness (QED) is 0.833. The molecule has 0 saturated carbocycles. The lowest BCUT2D eigenvalue weighted by Gasteiger charge is -2.08. The van der Waals surface area contributed by atoms with Crippen LogP contribution in [0.4, 0.5) is 11.4 Å². The minimum absolute atomic E-state index is 0.205. The van der Waals surface area contributed by atoms with E-state index in [1.165, 1.54) is 0 Å². The molecule has 0 atom stereocenters. The summed E-state index contributed by atoms with van der Waals surface area (Å²) >= 11 is 3.31. The predicted octanol–water partition coefficient (Wildman–Crippen LogP) is 3.59. The van der Waals surface area contributed by atoms with Gasteiger partial charge in [0.05, 0.1) is 5.56 Å². The molecule has 0 aliphatic rings. The lowest BCUT2D eigenvalue weighted by atomic mass is 10.1. The molecule has 3 nitrogen and oxygen atoms in total. The Morgan fingerprint density at radius 2 is 1.83 bits per heavy atom. The Bertz CT molecular complexity index is 579. The summed E-state index contributed by atoms with van der Waals surface area (Å²) in [6.07, 6.45) is 0. The Morgan fingerprint density at radius 3 is 2.44 bits per heavy atom. The van der Waals surface area contributed by atoms with Crippen LogP contribution in [0.25, 0.3) is 0 Å². The van der Waals surface area contributed by atoms with Crippen LogP contribution in [0.1, 0.15) is 15.9 Å². The van der Waals surface area contributed by atoms with Gasteiger partial charge in [-0.3, -0.25) is 4.79 Å². The fourth-order valence-electron chi connectivity index (χ4n) is 1.58. The number of halogens is 1. The van der Waals surface area contributed by atoms with Crippen LogP contribution in [0.2, 0.25) is 0 Å². The largest absolute Gasteiger partial charge is 0.398 e. The van der Waals surface area contributed by atoms with E-state index in [1.54, 1.807) is 18.2 Å². The Morgan fingerprint density at radius 1 is 1.17 bits per heavy atom. The zero-order valence-corrected chi connectivity index (χ0v) is 11.5. The maximum atomic E-state index is 12.0. The number of hydrogen-bond donors (Lipinski definition) is 2. The summed E-state index contributed by atoms with van der Waals surface area (Å²) in [7, 11) is 0. The van der Waals surface area contributed by atoms with Crippen molar-refractivity contribution in [3.8, 4) is 0 Å². The molecule has 0 saturated heterocycles. The number of rotatable bonds is 2. The molecule has 0 fully saturated rings. The lowest BCUT2D eigenvalue weighted by Crippen LogP contribution is -2.13. The fraction of sp³-hybridized carbons (Fsp3) is 0.0714. The van der Waals surface area contributed by atoms with Gasteiger partial charge in [-0.05, 0) is 37.3 Å². The number of anilines is 2. The lowest BCUT2D eigenvalue weighted by molar-refractivity contribution is 0.102. The van der Waals surface area contributed by atoms with Gasteiger partial charge in [-0.25, -0.2) is 0 Å². The van der Waals surface area contributed by atoms with E-state index in [0.717, 1.165) is 15.7 Å². The second kappa shape index (κ2) is 5.23. The van der Waals surface area contributed by atoms with Crippen LogP contribution in [-0.2, 0) is 0 Å². The van der Waals surface area contributed by atoms with Crippen LogP contribution in [0.15, 0.2) is 46.9 Å². The Labute approximate surface area is 114 Å². The molecule has 92 valence electrons. The van der Waals surface area contributed by atoms with Gasteiger partial charge in [0.15, 0.2) is 0 Å². The van der Waals surface area contributed by atoms with E-state index in [4.69, 9.17) is 5.73 Å². The van der Waals surface area contributed by atoms with Gasteiger partial charge in [0, 0.05) is 15.8 Å². The monoisotopic (exact) mass is 304 g/mol. The third-order valence-corrected chi connectivity index (χ3v) is 3.06. The molecule has 0 unspecified atom stereocenters. The minimum Gasteiger partial charge on any atom is -0.398 e. The molecular formula is C14H13BrN2O. The van der Waals surface area contributed by atoms with E-state index in [-0.39, 0.29) is 5.91 Å². The molecule has 0 aliphatic heterocycles. The van der Waals surface area contributed by atoms with Crippen LogP contribution < -0.4 is 11.1 Å². The van der Waals surface area contributed by atoms with Crippen molar-refractivity contribution in [2.45, 2.75) is 6.92 Å². The summed E-state index contributed by atoms with van der Waals surface area (Å²) in [6.45, 7) is 2.00. The SMILES string of the molecule is Cc1ccc(NC(=O)c2ccc(Br)cc2N)cc1. The number of hydrogen-bond acceptors (Lipinski definition) is 2. The predicted molar refractivity (Wildman–Crippen MR) is 77.7 cm³/mol. The second-order valence-corrected chi connectivity index (χ2v) is 4.97. The number of carbonyl (C=O) groups excluding carboxylic acids is 1. The van der Waals surface area contributed by atoms with Gasteiger partial charge in [-0.15, -0.1) is 0 Å². The van der Waals surface area contributed by atoms with Crippen molar-refractivity contribution >= 4 is 33.2 Å². The van der Waals surface area contributed by atoms with Gasteiger partial charge in [-0.2, -0.15) is 0 Å². The normalized spacial score (nSPS) is 10.1. The van der Waals surface area contributed by atoms with Crippen LogP contribution in [-0.4, -0.2) is 5.91 Å². The van der Waals surface area contributed by atoms with Crippen LogP contribution in [0.5, 0.6) is 0 Å². The summed E-state index contributed by atoms with van der Waals surface area (Å²) in [5.74, 6) is -0.205. The molecule has 2 rings (SSSR count). The molecule has 3 N–H and O–H groups in total. The molecular weight excluding hydrogens is 292 g/mol. The van der Waals surface area contributed by atoms with E-state index in [1.807, 2.05) is 31.2 Å². The average Bonchev–Trinajstić information content (AvgIpc) is 2.32. The van der Waals surface area contributed by atoms with Crippen LogP contribution in [0.3, 0.4) is 0 Å². The number of amides is 1. The van der Waals surface area contributed by atoms with Crippen LogP contribution in [0, 0.1) is 6.92 Å². The zero-order valence-electron chi connectivity index (χ0n) is 9.91. The van der Waals surface area contributed by atoms with Gasteiger partial charge in [0.1, 0.15) is 0 Å². The van der Waals surface area contributed by atoms with Crippen molar-refractivity contribution in [1.82, 2.24) is 0 Å². The summed E-state index contributed by atoms with van der Waals surface area (Å²) in [4.78, 5) is 12.0. The van der Waals surface area contributed by atoms with Gasteiger partial charge in [0.25, 0.3) is 5.91 Å². The van der Waals surface area contributed by atoms with Crippen molar-refractivity contribution < 1.29 is 4.79 Å². The molecule has 0 aliphatic carbocycles. The first kappa shape index (κ1) is 12.6. The van der Waals surface area contributed by atoms with Crippen molar-refractivity contribution in [2.75, 3.05) is 11.1 Å². The zero-order chi connectivity index (χ0) is 13.1. The summed E-state index contributed by atoms with van der Waals surface area (Å²) in [5.41, 5.74) is 8.64. The van der Waals surface area contributed by atoms with Crippen LogP contribution >= 0.6 is 15.9 Å². The highest BCUT2D eigenvalue weighted by Gasteiger charge is 2.09. The van der Waals surface area contributed by atoms with Crippen molar-refractivity contribution in [3.05, 3.63) is 58.1 Å². The summed E-state index contributed by atoms with van der Waals surface area (Å²) in [5, 5.41) is 2.81. The third kappa shape index (κ3) is 2.90. The van der Waals surface area contributed by atoms with E-state index >= 15 is 0 Å². The molecule has 0 bridgehead atoms. The highest BCUT2D eigenvalue weighted by Crippen LogP contribution is 2.20. The highest BCUT2D eigenvalue weighted by molar-refractivity contribution is 9.10. The number of benzene rings is 2. The topological polar surface area (TPSA) is 55.1 Å². The van der Waals surface area contributed by atoms with Crippen molar-refractivity contribution in [2.24, 2.45) is 0 Å². The molecule has 0 aromatic heterocycles. The van der Waals surface area contributed by atoms with Gasteiger partial charge in [0.2, 0.25) is 0 Å². The van der Waals surface area contributed by atoms with Gasteiger partial charge < -0.3 is 11.1 Å². The maximum absolute atomic E-state index is 12.0.